The first-order valence-electron chi connectivity index (χ1n) is 8.19. The first-order valence-corrected chi connectivity index (χ1v) is 9.89. The lowest BCUT2D eigenvalue weighted by molar-refractivity contribution is 0.371. The van der Waals surface area contributed by atoms with Gasteiger partial charge in [-0.25, -0.2) is 0 Å². The minimum absolute atomic E-state index is 0.207. The fraction of sp³-hybridized carbons (Fsp3) is 1.00. The third-order valence-corrected chi connectivity index (χ3v) is 5.58. The van der Waals surface area contributed by atoms with Crippen LogP contribution in [0.25, 0.3) is 0 Å². The Balaban J connectivity index is 3.18. The summed E-state index contributed by atoms with van der Waals surface area (Å²) in [6.07, 6.45) is 13.4. The molecule has 0 rings (SSSR count). The summed E-state index contributed by atoms with van der Waals surface area (Å²) in [5, 5.41) is 0. The van der Waals surface area contributed by atoms with Crippen molar-refractivity contribution in [3.63, 3.8) is 0 Å². The second-order valence-electron chi connectivity index (χ2n) is 5.97. The molecule has 0 radical (unpaired) electrons. The molecule has 4 N–H and O–H groups in total. The monoisotopic (exact) mass is 289 g/mol. The van der Waals surface area contributed by atoms with E-state index in [1.807, 2.05) is 0 Å². The minimum Gasteiger partial charge on any atom is -0.413 e. The van der Waals surface area contributed by atoms with E-state index in [1.165, 1.54) is 44.9 Å². The summed E-state index contributed by atoms with van der Waals surface area (Å²) in [4.78, 5) is 18.5. The molecule has 0 aliphatic rings. The predicted octanol–water partition coefficient (Wildman–Crippen LogP) is 3.22. The largest absolute Gasteiger partial charge is 0.413 e. The van der Waals surface area contributed by atoms with E-state index >= 15 is 0 Å². The summed E-state index contributed by atoms with van der Waals surface area (Å²) >= 11 is 0. The molecule has 0 aromatic carbocycles. The Bertz CT molecular complexity index is 189. The molecule has 19 heavy (non-hydrogen) atoms. The Morgan fingerprint density at radius 1 is 0.842 bits per heavy atom. The zero-order chi connectivity index (χ0) is 14.5. The molecule has 116 valence electrons. The second kappa shape index (κ2) is 13.1. The number of unbranched alkanes of at least 4 members (excludes halogenated alkanes) is 7. The van der Waals surface area contributed by atoms with Crippen molar-refractivity contribution < 1.29 is 9.59 Å². The molecule has 0 heterocycles. The maximum absolute atomic E-state index is 9.26. The van der Waals surface area contributed by atoms with Gasteiger partial charge in [0.25, 0.3) is 0 Å². The first kappa shape index (κ1) is 19.1. The van der Waals surface area contributed by atoms with E-state index in [1.54, 1.807) is 0 Å². The van der Waals surface area contributed by atoms with Crippen LogP contribution in [0.4, 0.5) is 0 Å². The molecule has 4 heteroatoms. The van der Waals surface area contributed by atoms with E-state index in [-0.39, 0.29) is 5.54 Å². The highest BCUT2D eigenvalue weighted by Gasteiger charge is 2.16. The Hall–Kier alpha value is 0.0969. The maximum Gasteiger partial charge on any atom is 0.319 e. The molecule has 0 saturated heterocycles. The van der Waals surface area contributed by atoms with Crippen LogP contribution in [0.2, 0.25) is 5.54 Å². The topological polar surface area (TPSA) is 66.5 Å². The number of hydrogen-bond donors (Lipinski definition) is 3. The van der Waals surface area contributed by atoms with Crippen LogP contribution in [0.3, 0.4) is 0 Å². The molecule has 0 aromatic heterocycles. The molecule has 0 amide bonds. The highest BCUT2D eigenvalue weighted by Crippen LogP contribution is 2.21. The summed E-state index contributed by atoms with van der Waals surface area (Å²) < 4.78 is 0. The van der Waals surface area contributed by atoms with Crippen LogP contribution in [0.15, 0.2) is 0 Å². The van der Waals surface area contributed by atoms with Gasteiger partial charge in [-0.1, -0.05) is 64.7 Å². The van der Waals surface area contributed by atoms with Crippen molar-refractivity contribution in [2.75, 3.05) is 0 Å². The van der Waals surface area contributed by atoms with Gasteiger partial charge < -0.3 is 15.3 Å². The average Bonchev–Trinajstić information content (AvgIpc) is 2.35. The molecule has 3 nitrogen and oxygen atoms in total. The van der Waals surface area contributed by atoms with Gasteiger partial charge in [-0.3, -0.25) is 0 Å². The smallest absolute Gasteiger partial charge is 0.319 e. The summed E-state index contributed by atoms with van der Waals surface area (Å²) in [7, 11) is -2.38. The van der Waals surface area contributed by atoms with Crippen LogP contribution in [-0.4, -0.2) is 24.9 Å². The van der Waals surface area contributed by atoms with Gasteiger partial charge in [-0.2, -0.15) is 0 Å². The van der Waals surface area contributed by atoms with Gasteiger partial charge in [-0.05, 0) is 25.3 Å². The van der Waals surface area contributed by atoms with Crippen molar-refractivity contribution in [1.82, 2.24) is 0 Å². The number of rotatable bonds is 13. The zero-order valence-electron chi connectivity index (χ0n) is 13.0. The molecule has 0 bridgehead atoms. The molecule has 2 unspecified atom stereocenters. The Kier molecular flexibility index (Phi) is 13.2. The maximum atomic E-state index is 9.26. The number of hydrogen-bond acceptors (Lipinski definition) is 3. The van der Waals surface area contributed by atoms with E-state index in [0.29, 0.717) is 6.04 Å². The van der Waals surface area contributed by atoms with Crippen molar-refractivity contribution in [2.24, 2.45) is 5.73 Å². The highest BCUT2D eigenvalue weighted by atomic mass is 28.3. The molecule has 0 spiro atoms. The fourth-order valence-corrected chi connectivity index (χ4v) is 3.45. The van der Waals surface area contributed by atoms with E-state index in [2.05, 4.69) is 13.8 Å². The number of nitrogens with two attached hydrogens (primary N) is 1. The summed E-state index contributed by atoms with van der Waals surface area (Å²) in [6, 6.07) is 0.358. The molecule has 0 aromatic rings. The Morgan fingerprint density at radius 3 is 1.63 bits per heavy atom. The van der Waals surface area contributed by atoms with Crippen molar-refractivity contribution in [2.45, 2.75) is 96.1 Å². The van der Waals surface area contributed by atoms with Crippen molar-refractivity contribution in [3.05, 3.63) is 0 Å². The quantitative estimate of drug-likeness (QED) is 0.360. The van der Waals surface area contributed by atoms with Crippen LogP contribution >= 0.6 is 0 Å². The van der Waals surface area contributed by atoms with Crippen LogP contribution < -0.4 is 5.73 Å². The van der Waals surface area contributed by atoms with Gasteiger partial charge in [0.2, 0.25) is 0 Å². The lowest BCUT2D eigenvalue weighted by Crippen LogP contribution is -2.19. The molecule has 2 atom stereocenters. The first-order chi connectivity index (χ1) is 9.07. The zero-order valence-corrected chi connectivity index (χ0v) is 14.1. The third-order valence-electron chi connectivity index (χ3n) is 3.93. The molecular formula is C15H35NO2Si. The normalized spacial score (nSPS) is 14.8. The van der Waals surface area contributed by atoms with Crippen molar-refractivity contribution >= 4 is 9.28 Å². The van der Waals surface area contributed by atoms with Gasteiger partial charge in [0, 0.05) is 6.04 Å². The summed E-state index contributed by atoms with van der Waals surface area (Å²) in [5.41, 5.74) is 5.92. The standard InChI is InChI=1S/C15H35NO2Si/c1-3-15(19(17)18)13-11-9-7-5-4-6-8-10-12-14(2)16/h14-15,17-19H,3-13,16H2,1-2H3. The molecular weight excluding hydrogens is 254 g/mol. The van der Waals surface area contributed by atoms with Crippen LogP contribution in [-0.2, 0) is 0 Å². The fourth-order valence-electron chi connectivity index (χ4n) is 2.50. The predicted molar refractivity (Wildman–Crippen MR) is 85.4 cm³/mol. The minimum atomic E-state index is -2.38. The molecule has 0 saturated carbocycles. The molecule has 0 fully saturated rings. The van der Waals surface area contributed by atoms with Crippen molar-refractivity contribution in [1.29, 1.82) is 0 Å². The van der Waals surface area contributed by atoms with E-state index in [0.717, 1.165) is 25.7 Å². The van der Waals surface area contributed by atoms with Gasteiger partial charge in [0.15, 0.2) is 0 Å². The van der Waals surface area contributed by atoms with E-state index < -0.39 is 9.28 Å². The summed E-state index contributed by atoms with van der Waals surface area (Å²) in [6.45, 7) is 4.13. The van der Waals surface area contributed by atoms with Crippen molar-refractivity contribution in [3.8, 4) is 0 Å². The van der Waals surface area contributed by atoms with Gasteiger partial charge >= 0.3 is 9.28 Å². The Labute approximate surface area is 121 Å². The van der Waals surface area contributed by atoms with Crippen LogP contribution in [0, 0.1) is 0 Å². The van der Waals surface area contributed by atoms with E-state index in [9.17, 15) is 9.59 Å². The Morgan fingerprint density at radius 2 is 1.26 bits per heavy atom. The van der Waals surface area contributed by atoms with Gasteiger partial charge in [-0.15, -0.1) is 0 Å². The molecule has 0 aliphatic carbocycles. The summed E-state index contributed by atoms with van der Waals surface area (Å²) in [5.74, 6) is 0. The second-order valence-corrected chi connectivity index (χ2v) is 7.74. The van der Waals surface area contributed by atoms with Gasteiger partial charge in [0.05, 0.1) is 0 Å². The lowest BCUT2D eigenvalue weighted by atomic mass is 10.0. The average molecular weight is 290 g/mol. The molecule has 0 aliphatic heterocycles. The van der Waals surface area contributed by atoms with E-state index in [4.69, 9.17) is 5.73 Å². The lowest BCUT2D eigenvalue weighted by Gasteiger charge is -2.14. The highest BCUT2D eigenvalue weighted by molar-refractivity contribution is 6.43. The SMILES string of the molecule is CCC(CCCCCCCCCCC(C)N)[SiH](O)O. The third kappa shape index (κ3) is 12.9. The van der Waals surface area contributed by atoms with Gasteiger partial charge in [0.1, 0.15) is 0 Å². The van der Waals surface area contributed by atoms with Crippen LogP contribution in [0.1, 0.15) is 84.5 Å². The van der Waals surface area contributed by atoms with Crippen LogP contribution in [0.5, 0.6) is 0 Å².